The monoisotopic (exact) mass is 315 g/mol. The molecule has 3 rings (SSSR count). The Morgan fingerprint density at radius 2 is 2.10 bits per heavy atom. The molecule has 0 radical (unpaired) electrons. The Bertz CT molecular complexity index is 612. The third-order valence-corrected chi connectivity index (χ3v) is 6.45. The van der Waals surface area contributed by atoms with Crippen molar-refractivity contribution < 1.29 is 0 Å². The normalized spacial score (nSPS) is 18.5. The van der Waals surface area contributed by atoms with E-state index in [1.165, 1.54) is 32.4 Å². The first-order valence-corrected chi connectivity index (χ1v) is 9.37. The molecule has 0 aromatic heterocycles. The van der Waals surface area contributed by atoms with Gasteiger partial charge < -0.3 is 5.32 Å². The summed E-state index contributed by atoms with van der Waals surface area (Å²) in [5.41, 5.74) is 2.90. The lowest BCUT2D eigenvalue weighted by Crippen LogP contribution is -2.12. The Morgan fingerprint density at radius 1 is 1.24 bits per heavy atom. The van der Waals surface area contributed by atoms with Crippen molar-refractivity contribution in [1.29, 1.82) is 0 Å². The molecule has 0 saturated heterocycles. The van der Waals surface area contributed by atoms with Gasteiger partial charge >= 0.3 is 0 Å². The third kappa shape index (κ3) is 3.47. The molecule has 1 aliphatic heterocycles. The smallest absolute Gasteiger partial charge is 0.0289 e. The van der Waals surface area contributed by atoms with E-state index >= 15 is 0 Å². The van der Waals surface area contributed by atoms with Crippen LogP contribution in [0.2, 0.25) is 0 Å². The first kappa shape index (κ1) is 15.0. The lowest BCUT2D eigenvalue weighted by Gasteiger charge is -2.13. The van der Waals surface area contributed by atoms with Crippen molar-refractivity contribution in [2.75, 3.05) is 18.6 Å². The lowest BCUT2D eigenvalue weighted by molar-refractivity contribution is 0.651. The van der Waals surface area contributed by atoms with E-state index in [2.05, 4.69) is 60.8 Å². The summed E-state index contributed by atoms with van der Waals surface area (Å²) in [5, 5.41) is 3.31. The lowest BCUT2D eigenvalue weighted by atomic mass is 10.0. The molecular formula is C18H21NS2. The van der Waals surface area contributed by atoms with Crippen LogP contribution in [0.1, 0.15) is 30.0 Å². The summed E-state index contributed by atoms with van der Waals surface area (Å²) in [6, 6.07) is 18.2. The van der Waals surface area contributed by atoms with Crippen molar-refractivity contribution >= 4 is 23.5 Å². The summed E-state index contributed by atoms with van der Waals surface area (Å²) < 4.78 is 0. The van der Waals surface area contributed by atoms with Gasteiger partial charge in [-0.2, -0.15) is 0 Å². The minimum Gasteiger partial charge on any atom is -0.313 e. The maximum Gasteiger partial charge on any atom is 0.0289 e. The average Bonchev–Trinajstić information content (AvgIpc) is 2.95. The molecule has 1 aliphatic rings. The van der Waals surface area contributed by atoms with E-state index < -0.39 is 0 Å². The van der Waals surface area contributed by atoms with E-state index in [0.717, 1.165) is 0 Å². The van der Waals surface area contributed by atoms with Crippen LogP contribution >= 0.6 is 23.5 Å². The van der Waals surface area contributed by atoms with E-state index in [1.54, 1.807) is 0 Å². The van der Waals surface area contributed by atoms with Crippen LogP contribution in [0.25, 0.3) is 0 Å². The van der Waals surface area contributed by atoms with Crippen LogP contribution in [0, 0.1) is 0 Å². The van der Waals surface area contributed by atoms with Gasteiger partial charge in [-0.25, -0.2) is 0 Å². The molecule has 2 aromatic carbocycles. The van der Waals surface area contributed by atoms with E-state index in [0.29, 0.717) is 12.0 Å². The van der Waals surface area contributed by atoms with Gasteiger partial charge in [-0.05, 0) is 43.3 Å². The van der Waals surface area contributed by atoms with Crippen molar-refractivity contribution in [3.63, 3.8) is 0 Å². The molecule has 110 valence electrons. The van der Waals surface area contributed by atoms with E-state index in [-0.39, 0.29) is 0 Å². The van der Waals surface area contributed by atoms with Crippen molar-refractivity contribution in [3.8, 4) is 0 Å². The Morgan fingerprint density at radius 3 is 2.95 bits per heavy atom. The highest BCUT2D eigenvalue weighted by Gasteiger charge is 2.22. The summed E-state index contributed by atoms with van der Waals surface area (Å²) in [5.74, 6) is 3.07. The van der Waals surface area contributed by atoms with Gasteiger partial charge in [0.25, 0.3) is 0 Å². The summed E-state index contributed by atoms with van der Waals surface area (Å²) in [4.78, 5) is 2.85. The van der Waals surface area contributed by atoms with Gasteiger partial charge in [0, 0.05) is 33.3 Å². The first-order chi connectivity index (χ1) is 10.3. The molecule has 0 amide bonds. The van der Waals surface area contributed by atoms with Crippen molar-refractivity contribution in [2.24, 2.45) is 0 Å². The topological polar surface area (TPSA) is 12.0 Å². The number of rotatable bonds is 5. The molecule has 1 N–H and O–H groups in total. The second kappa shape index (κ2) is 6.91. The van der Waals surface area contributed by atoms with Crippen molar-refractivity contribution in [1.82, 2.24) is 5.32 Å². The highest BCUT2D eigenvalue weighted by Crippen LogP contribution is 2.41. The van der Waals surface area contributed by atoms with Crippen LogP contribution in [0.3, 0.4) is 0 Å². The molecule has 0 saturated carbocycles. The highest BCUT2D eigenvalue weighted by atomic mass is 32.2. The largest absolute Gasteiger partial charge is 0.313 e. The van der Waals surface area contributed by atoms with E-state index in [4.69, 9.17) is 0 Å². The zero-order valence-electron chi connectivity index (χ0n) is 12.5. The predicted octanol–water partition coefficient (Wildman–Crippen LogP) is 4.95. The maximum absolute atomic E-state index is 3.31. The second-order valence-electron chi connectivity index (χ2n) is 5.44. The molecule has 0 bridgehead atoms. The molecule has 0 aliphatic carbocycles. The van der Waals surface area contributed by atoms with Crippen molar-refractivity contribution in [3.05, 3.63) is 59.7 Å². The first-order valence-electron chi connectivity index (χ1n) is 7.39. The Balaban J connectivity index is 1.66. The number of hydrogen-bond donors (Lipinski definition) is 1. The van der Waals surface area contributed by atoms with Gasteiger partial charge in [-0.15, -0.1) is 23.5 Å². The van der Waals surface area contributed by atoms with Gasteiger partial charge in [0.2, 0.25) is 0 Å². The van der Waals surface area contributed by atoms with Gasteiger partial charge in [0.05, 0.1) is 0 Å². The second-order valence-corrected chi connectivity index (χ2v) is 7.59. The molecule has 2 atom stereocenters. The zero-order chi connectivity index (χ0) is 14.7. The number of nitrogens with one attached hydrogen (secondary N) is 1. The molecular weight excluding hydrogens is 294 g/mol. The quantitative estimate of drug-likeness (QED) is 0.784. The molecule has 2 aromatic rings. The maximum atomic E-state index is 3.31. The van der Waals surface area contributed by atoms with Crippen LogP contribution in [0.5, 0.6) is 0 Å². The summed E-state index contributed by atoms with van der Waals surface area (Å²) >= 11 is 3.98. The SMILES string of the molecule is CNC(C)c1cccc(SCC2CSc3ccccc32)c1. The van der Waals surface area contributed by atoms with E-state index in [9.17, 15) is 0 Å². The van der Waals surface area contributed by atoms with Crippen LogP contribution in [0.4, 0.5) is 0 Å². The molecule has 0 fully saturated rings. The Hall–Kier alpha value is -0.900. The zero-order valence-corrected chi connectivity index (χ0v) is 14.1. The van der Waals surface area contributed by atoms with Crippen LogP contribution < -0.4 is 5.32 Å². The standard InChI is InChI=1S/C18H21NS2/c1-13(19-2)14-6-5-7-16(10-14)20-11-15-12-21-18-9-4-3-8-17(15)18/h3-10,13,15,19H,11-12H2,1-2H3. The Kier molecular flexibility index (Phi) is 4.94. The van der Waals surface area contributed by atoms with Gasteiger partial charge in [0.15, 0.2) is 0 Å². The summed E-state index contributed by atoms with van der Waals surface area (Å²) in [6.07, 6.45) is 0. The van der Waals surface area contributed by atoms with Gasteiger partial charge in [-0.1, -0.05) is 30.3 Å². The van der Waals surface area contributed by atoms with Crippen LogP contribution in [0.15, 0.2) is 58.3 Å². The van der Waals surface area contributed by atoms with Gasteiger partial charge in [0.1, 0.15) is 0 Å². The van der Waals surface area contributed by atoms with Crippen molar-refractivity contribution in [2.45, 2.75) is 28.7 Å². The summed E-state index contributed by atoms with van der Waals surface area (Å²) in [6.45, 7) is 2.20. The minimum absolute atomic E-state index is 0.410. The molecule has 1 heterocycles. The average molecular weight is 316 g/mol. The third-order valence-electron chi connectivity index (χ3n) is 4.04. The van der Waals surface area contributed by atoms with Gasteiger partial charge in [-0.3, -0.25) is 0 Å². The fourth-order valence-corrected chi connectivity index (χ4v) is 5.09. The number of benzene rings is 2. The minimum atomic E-state index is 0.410. The fourth-order valence-electron chi connectivity index (χ4n) is 2.60. The molecule has 2 unspecified atom stereocenters. The Labute approximate surface area is 135 Å². The number of fused-ring (bicyclic) bond motifs is 1. The summed E-state index contributed by atoms with van der Waals surface area (Å²) in [7, 11) is 2.01. The van der Waals surface area contributed by atoms with E-state index in [1.807, 2.05) is 30.6 Å². The van der Waals surface area contributed by atoms with Crippen LogP contribution in [-0.2, 0) is 0 Å². The molecule has 1 nitrogen and oxygen atoms in total. The molecule has 3 heteroatoms. The van der Waals surface area contributed by atoms with Crippen LogP contribution in [-0.4, -0.2) is 18.6 Å². The highest BCUT2D eigenvalue weighted by molar-refractivity contribution is 8.00. The number of thioether (sulfide) groups is 2. The fraction of sp³-hybridized carbons (Fsp3) is 0.333. The predicted molar refractivity (Wildman–Crippen MR) is 94.5 cm³/mol. The number of hydrogen-bond acceptors (Lipinski definition) is 3. The molecule has 0 spiro atoms. The molecule has 21 heavy (non-hydrogen) atoms.